The summed E-state index contributed by atoms with van der Waals surface area (Å²) in [4.78, 5) is 12.0. The number of anilines is 1. The molecule has 0 atom stereocenters. The fraction of sp³-hybridized carbons (Fsp3) is 0.316. The van der Waals surface area contributed by atoms with E-state index in [0.29, 0.717) is 24.7 Å². The van der Waals surface area contributed by atoms with Crippen LogP contribution in [0.2, 0.25) is 25.7 Å². The third-order valence-corrected chi connectivity index (χ3v) is 5.15. The van der Waals surface area contributed by atoms with Crippen molar-refractivity contribution in [2.24, 2.45) is 0 Å². The number of carbonyl (C=O) groups is 1. The Balaban J connectivity index is 1.90. The van der Waals surface area contributed by atoms with Gasteiger partial charge in [0.05, 0.1) is 12.3 Å². The Kier molecular flexibility index (Phi) is 6.43. The van der Waals surface area contributed by atoms with Gasteiger partial charge in [-0.25, -0.2) is 4.79 Å². The first-order chi connectivity index (χ1) is 11.4. The van der Waals surface area contributed by atoms with Gasteiger partial charge >= 0.3 is 6.09 Å². The largest absolute Gasteiger partial charge is 0.487 e. The van der Waals surface area contributed by atoms with Crippen LogP contribution in [0.4, 0.5) is 10.5 Å². The summed E-state index contributed by atoms with van der Waals surface area (Å²) in [5, 5.41) is 2.76. The van der Waals surface area contributed by atoms with Gasteiger partial charge in [0.2, 0.25) is 0 Å². The molecule has 24 heavy (non-hydrogen) atoms. The highest BCUT2D eigenvalue weighted by molar-refractivity contribution is 6.76. The highest BCUT2D eigenvalue weighted by atomic mass is 28.3. The zero-order valence-corrected chi connectivity index (χ0v) is 15.5. The van der Waals surface area contributed by atoms with Crippen LogP contribution in [0.5, 0.6) is 5.75 Å². The van der Waals surface area contributed by atoms with Gasteiger partial charge in [-0.05, 0) is 23.7 Å². The molecular formula is C19H25NO3Si. The number of ether oxygens (including phenoxy) is 2. The van der Waals surface area contributed by atoms with Crippen LogP contribution in [0.15, 0.2) is 54.6 Å². The van der Waals surface area contributed by atoms with E-state index in [0.717, 1.165) is 11.6 Å². The molecule has 0 fully saturated rings. The van der Waals surface area contributed by atoms with E-state index < -0.39 is 14.2 Å². The molecule has 0 unspecified atom stereocenters. The summed E-state index contributed by atoms with van der Waals surface area (Å²) < 4.78 is 11.1. The van der Waals surface area contributed by atoms with Crippen molar-refractivity contribution in [3.63, 3.8) is 0 Å². The second-order valence-electron chi connectivity index (χ2n) is 6.84. The zero-order valence-electron chi connectivity index (χ0n) is 14.5. The van der Waals surface area contributed by atoms with Crippen LogP contribution < -0.4 is 10.1 Å². The molecule has 0 aromatic heterocycles. The number of nitrogens with one attached hydrogen (secondary N) is 1. The number of rotatable bonds is 7. The molecule has 2 rings (SSSR count). The van der Waals surface area contributed by atoms with Gasteiger partial charge in [0, 0.05) is 8.07 Å². The molecular weight excluding hydrogens is 318 g/mol. The molecule has 0 saturated heterocycles. The molecule has 0 heterocycles. The normalized spacial score (nSPS) is 11.0. The van der Waals surface area contributed by atoms with Crippen LogP contribution in [-0.4, -0.2) is 20.8 Å². The minimum Gasteiger partial charge on any atom is -0.487 e. The average molecular weight is 343 g/mol. The second kappa shape index (κ2) is 8.54. The second-order valence-corrected chi connectivity index (χ2v) is 12.5. The maximum absolute atomic E-state index is 12.0. The van der Waals surface area contributed by atoms with Gasteiger partial charge in [-0.1, -0.05) is 62.1 Å². The Labute approximate surface area is 144 Å². The van der Waals surface area contributed by atoms with E-state index in [1.165, 1.54) is 0 Å². The minimum absolute atomic E-state index is 0.441. The van der Waals surface area contributed by atoms with E-state index in [1.54, 1.807) is 6.07 Å². The Morgan fingerprint density at radius 1 is 1.00 bits per heavy atom. The third-order valence-electron chi connectivity index (χ3n) is 3.45. The SMILES string of the molecule is C[Si](C)(C)CCOC(=O)Nc1ccccc1OCc1ccccc1. The van der Waals surface area contributed by atoms with E-state index >= 15 is 0 Å². The number of carbonyl (C=O) groups excluding carboxylic acids is 1. The molecule has 0 saturated carbocycles. The Morgan fingerprint density at radius 2 is 1.67 bits per heavy atom. The number of hydrogen-bond donors (Lipinski definition) is 1. The fourth-order valence-corrected chi connectivity index (χ4v) is 2.74. The first kappa shape index (κ1) is 18.1. The molecule has 0 aliphatic heterocycles. The molecule has 2 aromatic rings. The van der Waals surface area contributed by atoms with Gasteiger partial charge in [0.1, 0.15) is 12.4 Å². The first-order valence-corrected chi connectivity index (χ1v) is 11.8. The van der Waals surface area contributed by atoms with Gasteiger partial charge in [-0.15, -0.1) is 0 Å². The van der Waals surface area contributed by atoms with Gasteiger partial charge < -0.3 is 9.47 Å². The molecule has 0 aliphatic rings. The van der Waals surface area contributed by atoms with Crippen molar-refractivity contribution in [1.29, 1.82) is 0 Å². The lowest BCUT2D eigenvalue weighted by atomic mass is 10.2. The summed E-state index contributed by atoms with van der Waals surface area (Å²) in [7, 11) is -1.21. The summed E-state index contributed by atoms with van der Waals surface area (Å²) in [5.41, 5.74) is 1.69. The van der Waals surface area contributed by atoms with E-state index in [2.05, 4.69) is 25.0 Å². The molecule has 0 radical (unpaired) electrons. The predicted molar refractivity (Wildman–Crippen MR) is 100 cm³/mol. The van der Waals surface area contributed by atoms with Crippen molar-refractivity contribution < 1.29 is 14.3 Å². The minimum atomic E-state index is -1.21. The van der Waals surface area contributed by atoms with E-state index in [-0.39, 0.29) is 0 Å². The van der Waals surface area contributed by atoms with Crippen LogP contribution in [-0.2, 0) is 11.3 Å². The van der Waals surface area contributed by atoms with Gasteiger partial charge in [-0.3, -0.25) is 5.32 Å². The van der Waals surface area contributed by atoms with Crippen molar-refractivity contribution in [3.05, 3.63) is 60.2 Å². The molecule has 2 aromatic carbocycles. The fourth-order valence-electron chi connectivity index (χ4n) is 2.03. The van der Waals surface area contributed by atoms with Gasteiger partial charge in [0.15, 0.2) is 0 Å². The van der Waals surface area contributed by atoms with Crippen LogP contribution >= 0.6 is 0 Å². The van der Waals surface area contributed by atoms with E-state index in [1.807, 2.05) is 48.5 Å². The topological polar surface area (TPSA) is 47.6 Å². The van der Waals surface area contributed by atoms with Crippen LogP contribution in [0, 0.1) is 0 Å². The van der Waals surface area contributed by atoms with Gasteiger partial charge in [-0.2, -0.15) is 0 Å². The summed E-state index contributed by atoms with van der Waals surface area (Å²) in [6.45, 7) is 7.65. The summed E-state index contributed by atoms with van der Waals surface area (Å²) in [6, 6.07) is 18.2. The highest BCUT2D eigenvalue weighted by Gasteiger charge is 2.14. The maximum Gasteiger partial charge on any atom is 0.411 e. The van der Waals surface area contributed by atoms with Crippen molar-refractivity contribution >= 4 is 19.9 Å². The lowest BCUT2D eigenvalue weighted by molar-refractivity contribution is 0.167. The Hall–Kier alpha value is -2.27. The molecule has 1 N–H and O–H groups in total. The quantitative estimate of drug-likeness (QED) is 0.707. The molecule has 1 amide bonds. The van der Waals surface area contributed by atoms with Crippen LogP contribution in [0.25, 0.3) is 0 Å². The lowest BCUT2D eigenvalue weighted by Gasteiger charge is -2.16. The Bertz CT molecular complexity index is 653. The maximum atomic E-state index is 12.0. The van der Waals surface area contributed by atoms with Gasteiger partial charge in [0.25, 0.3) is 0 Å². The molecule has 128 valence electrons. The van der Waals surface area contributed by atoms with Crippen molar-refractivity contribution in [1.82, 2.24) is 0 Å². The monoisotopic (exact) mass is 343 g/mol. The van der Waals surface area contributed by atoms with E-state index in [9.17, 15) is 4.79 Å². The van der Waals surface area contributed by atoms with E-state index in [4.69, 9.17) is 9.47 Å². The standard InChI is InChI=1S/C19H25NO3Si/c1-24(2,3)14-13-22-19(21)20-17-11-7-8-12-18(17)23-15-16-9-5-4-6-10-16/h4-12H,13-15H2,1-3H3,(H,20,21). The zero-order chi connectivity index (χ0) is 17.4. The molecule has 0 bridgehead atoms. The van der Waals surface area contributed by atoms with Crippen molar-refractivity contribution in [2.45, 2.75) is 32.3 Å². The number of hydrogen-bond acceptors (Lipinski definition) is 3. The van der Waals surface area contributed by atoms with Crippen molar-refractivity contribution in [2.75, 3.05) is 11.9 Å². The summed E-state index contributed by atoms with van der Waals surface area (Å²) >= 11 is 0. The number of para-hydroxylation sites is 2. The number of amides is 1. The third kappa shape index (κ3) is 6.46. The molecule has 0 spiro atoms. The summed E-state index contributed by atoms with van der Waals surface area (Å²) in [5.74, 6) is 0.628. The Morgan fingerprint density at radius 3 is 2.38 bits per heavy atom. The molecule has 0 aliphatic carbocycles. The lowest BCUT2D eigenvalue weighted by Crippen LogP contribution is -2.24. The van der Waals surface area contributed by atoms with Crippen LogP contribution in [0.3, 0.4) is 0 Å². The highest BCUT2D eigenvalue weighted by Crippen LogP contribution is 2.25. The summed E-state index contributed by atoms with van der Waals surface area (Å²) in [6.07, 6.45) is -0.441. The molecule has 4 nitrogen and oxygen atoms in total. The smallest absolute Gasteiger partial charge is 0.411 e. The number of benzene rings is 2. The van der Waals surface area contributed by atoms with Crippen molar-refractivity contribution in [3.8, 4) is 5.75 Å². The average Bonchev–Trinajstić information content (AvgIpc) is 2.54. The predicted octanol–water partition coefficient (Wildman–Crippen LogP) is 5.15. The first-order valence-electron chi connectivity index (χ1n) is 8.13. The van der Waals surface area contributed by atoms with Crippen LogP contribution in [0.1, 0.15) is 5.56 Å². The molecule has 5 heteroatoms.